The van der Waals surface area contributed by atoms with Crippen molar-refractivity contribution in [3.8, 4) is 0 Å². The van der Waals surface area contributed by atoms with Gasteiger partial charge in [0.2, 0.25) is 0 Å². The zero-order chi connectivity index (χ0) is 13.6. The molecule has 0 bridgehead atoms. The molecule has 1 N–H and O–H groups in total. The van der Waals surface area contributed by atoms with E-state index in [1.54, 1.807) is 0 Å². The first-order valence-corrected chi connectivity index (χ1v) is 6.97. The molecule has 1 aliphatic rings. The van der Waals surface area contributed by atoms with Crippen molar-refractivity contribution in [2.24, 2.45) is 11.3 Å². The van der Waals surface area contributed by atoms with Gasteiger partial charge in [-0.05, 0) is 38.6 Å². The minimum absolute atomic E-state index is 0.573. The zero-order valence-corrected chi connectivity index (χ0v) is 11.9. The second-order valence-corrected chi connectivity index (χ2v) is 6.04. The third-order valence-electron chi connectivity index (χ3n) is 3.68. The summed E-state index contributed by atoms with van der Waals surface area (Å²) in [7, 11) is 0. The Kier molecular flexibility index (Phi) is 6.09. The van der Waals surface area contributed by atoms with E-state index < -0.39 is 11.4 Å². The lowest BCUT2D eigenvalue weighted by Crippen LogP contribution is -2.46. The van der Waals surface area contributed by atoms with Gasteiger partial charge in [-0.3, -0.25) is 9.69 Å². The van der Waals surface area contributed by atoms with E-state index in [0.717, 1.165) is 39.0 Å². The normalized spacial score (nSPS) is 25.6. The summed E-state index contributed by atoms with van der Waals surface area (Å²) >= 11 is 0. The van der Waals surface area contributed by atoms with Crippen LogP contribution < -0.4 is 0 Å². The van der Waals surface area contributed by atoms with Crippen LogP contribution in [0.5, 0.6) is 0 Å². The molecule has 1 atom stereocenters. The Balaban J connectivity index is 2.20. The van der Waals surface area contributed by atoms with Crippen molar-refractivity contribution in [3.05, 3.63) is 0 Å². The van der Waals surface area contributed by atoms with Crippen LogP contribution >= 0.6 is 0 Å². The molecular formula is C14H27NO3. The molecule has 1 unspecified atom stereocenters. The number of likely N-dealkylation sites (tertiary alicyclic amines) is 1. The zero-order valence-electron chi connectivity index (χ0n) is 11.9. The molecule has 0 spiro atoms. The number of ether oxygens (including phenoxy) is 1. The van der Waals surface area contributed by atoms with Gasteiger partial charge in [0.25, 0.3) is 0 Å². The minimum atomic E-state index is -0.673. The van der Waals surface area contributed by atoms with Crippen molar-refractivity contribution in [2.45, 2.75) is 40.0 Å². The monoisotopic (exact) mass is 257 g/mol. The molecule has 0 radical (unpaired) electrons. The van der Waals surface area contributed by atoms with Gasteiger partial charge in [0, 0.05) is 19.7 Å². The van der Waals surface area contributed by atoms with Crippen LogP contribution in [0.4, 0.5) is 0 Å². The minimum Gasteiger partial charge on any atom is -0.481 e. The maximum atomic E-state index is 11.2. The number of carboxylic acid groups (broad SMARTS) is 1. The lowest BCUT2D eigenvalue weighted by atomic mass is 9.82. The highest BCUT2D eigenvalue weighted by Crippen LogP contribution is 2.29. The molecule has 0 aromatic carbocycles. The van der Waals surface area contributed by atoms with Crippen LogP contribution in [0.3, 0.4) is 0 Å². The van der Waals surface area contributed by atoms with Gasteiger partial charge in [0.05, 0.1) is 12.0 Å². The molecule has 1 heterocycles. The SMILES string of the molecule is CC(C)CCOCCN1CCCC(C)(C(=O)O)C1. The highest BCUT2D eigenvalue weighted by atomic mass is 16.5. The third kappa shape index (κ3) is 4.94. The number of rotatable bonds is 7. The van der Waals surface area contributed by atoms with Crippen LogP contribution in [-0.4, -0.2) is 48.8 Å². The Hall–Kier alpha value is -0.610. The van der Waals surface area contributed by atoms with Gasteiger partial charge in [-0.2, -0.15) is 0 Å². The van der Waals surface area contributed by atoms with Crippen molar-refractivity contribution in [1.29, 1.82) is 0 Å². The molecule has 1 rings (SSSR count). The molecule has 106 valence electrons. The van der Waals surface area contributed by atoms with Crippen molar-refractivity contribution >= 4 is 5.97 Å². The number of hydrogen-bond acceptors (Lipinski definition) is 3. The summed E-state index contributed by atoms with van der Waals surface area (Å²) in [5.41, 5.74) is -0.573. The highest BCUT2D eigenvalue weighted by molar-refractivity contribution is 5.74. The molecule has 1 fully saturated rings. The molecule has 0 amide bonds. The van der Waals surface area contributed by atoms with E-state index in [-0.39, 0.29) is 0 Å². The number of carbonyl (C=O) groups is 1. The van der Waals surface area contributed by atoms with E-state index >= 15 is 0 Å². The Bertz CT molecular complexity index is 268. The maximum absolute atomic E-state index is 11.2. The summed E-state index contributed by atoms with van der Waals surface area (Å²) in [6.45, 7) is 10.2. The van der Waals surface area contributed by atoms with Crippen molar-refractivity contribution in [3.63, 3.8) is 0 Å². The molecule has 1 saturated heterocycles. The lowest BCUT2D eigenvalue weighted by Gasteiger charge is -2.37. The fourth-order valence-corrected chi connectivity index (χ4v) is 2.32. The third-order valence-corrected chi connectivity index (χ3v) is 3.68. The van der Waals surface area contributed by atoms with E-state index in [0.29, 0.717) is 19.1 Å². The molecular weight excluding hydrogens is 230 g/mol. The number of hydrogen-bond donors (Lipinski definition) is 1. The molecule has 0 aliphatic carbocycles. The Morgan fingerprint density at radius 3 is 2.78 bits per heavy atom. The van der Waals surface area contributed by atoms with Gasteiger partial charge in [0.15, 0.2) is 0 Å². The molecule has 0 aromatic rings. The summed E-state index contributed by atoms with van der Waals surface area (Å²) in [5.74, 6) is 0.00298. The number of piperidine rings is 1. The van der Waals surface area contributed by atoms with Crippen molar-refractivity contribution in [2.75, 3.05) is 32.8 Å². The Labute approximate surface area is 110 Å². The van der Waals surface area contributed by atoms with Crippen LogP contribution in [-0.2, 0) is 9.53 Å². The Morgan fingerprint density at radius 1 is 1.44 bits per heavy atom. The Morgan fingerprint density at radius 2 is 2.17 bits per heavy atom. The summed E-state index contributed by atoms with van der Waals surface area (Å²) < 4.78 is 5.59. The average Bonchev–Trinajstić information content (AvgIpc) is 2.28. The van der Waals surface area contributed by atoms with Crippen LogP contribution in [0.2, 0.25) is 0 Å². The van der Waals surface area contributed by atoms with E-state index in [1.807, 2.05) is 6.92 Å². The predicted molar refractivity (Wildman–Crippen MR) is 71.7 cm³/mol. The summed E-state index contributed by atoms with van der Waals surface area (Å²) in [6.07, 6.45) is 2.84. The van der Waals surface area contributed by atoms with Gasteiger partial charge in [-0.25, -0.2) is 0 Å². The van der Waals surface area contributed by atoms with Gasteiger partial charge in [0.1, 0.15) is 0 Å². The van der Waals surface area contributed by atoms with Gasteiger partial charge in [-0.1, -0.05) is 13.8 Å². The summed E-state index contributed by atoms with van der Waals surface area (Å²) in [4.78, 5) is 13.4. The van der Waals surface area contributed by atoms with E-state index in [2.05, 4.69) is 18.7 Å². The molecule has 18 heavy (non-hydrogen) atoms. The van der Waals surface area contributed by atoms with Crippen LogP contribution in [0.1, 0.15) is 40.0 Å². The number of carboxylic acids is 1. The average molecular weight is 257 g/mol. The molecule has 4 nitrogen and oxygen atoms in total. The molecule has 4 heteroatoms. The fourth-order valence-electron chi connectivity index (χ4n) is 2.32. The second-order valence-electron chi connectivity index (χ2n) is 6.04. The van der Waals surface area contributed by atoms with E-state index in [4.69, 9.17) is 4.74 Å². The topological polar surface area (TPSA) is 49.8 Å². The lowest BCUT2D eigenvalue weighted by molar-refractivity contribution is -0.151. The van der Waals surface area contributed by atoms with E-state index in [1.165, 1.54) is 0 Å². The first-order valence-electron chi connectivity index (χ1n) is 6.97. The molecule has 1 aliphatic heterocycles. The largest absolute Gasteiger partial charge is 0.481 e. The van der Waals surface area contributed by atoms with E-state index in [9.17, 15) is 9.90 Å². The standard InChI is InChI=1S/C14H27NO3/c1-12(2)5-9-18-10-8-15-7-4-6-14(3,11-15)13(16)17/h12H,4-11H2,1-3H3,(H,16,17). The number of nitrogens with zero attached hydrogens (tertiary/aromatic N) is 1. The van der Waals surface area contributed by atoms with Crippen molar-refractivity contribution in [1.82, 2.24) is 4.90 Å². The van der Waals surface area contributed by atoms with Crippen LogP contribution in [0.15, 0.2) is 0 Å². The maximum Gasteiger partial charge on any atom is 0.310 e. The van der Waals surface area contributed by atoms with Crippen LogP contribution in [0.25, 0.3) is 0 Å². The van der Waals surface area contributed by atoms with Crippen molar-refractivity contribution < 1.29 is 14.6 Å². The highest BCUT2D eigenvalue weighted by Gasteiger charge is 2.37. The quantitative estimate of drug-likeness (QED) is 0.711. The first kappa shape index (κ1) is 15.4. The summed E-state index contributed by atoms with van der Waals surface area (Å²) in [6, 6.07) is 0. The predicted octanol–water partition coefficient (Wildman–Crippen LogP) is 2.24. The van der Waals surface area contributed by atoms with Gasteiger partial charge < -0.3 is 9.84 Å². The van der Waals surface area contributed by atoms with Gasteiger partial charge in [-0.15, -0.1) is 0 Å². The van der Waals surface area contributed by atoms with Crippen LogP contribution in [0, 0.1) is 11.3 Å². The van der Waals surface area contributed by atoms with Gasteiger partial charge >= 0.3 is 5.97 Å². The molecule has 0 saturated carbocycles. The molecule has 0 aromatic heterocycles. The fraction of sp³-hybridized carbons (Fsp3) is 0.929. The number of aliphatic carboxylic acids is 1. The first-order chi connectivity index (χ1) is 8.44. The smallest absolute Gasteiger partial charge is 0.310 e. The second kappa shape index (κ2) is 7.10. The summed E-state index contributed by atoms with van der Waals surface area (Å²) in [5, 5.41) is 9.23.